The van der Waals surface area contributed by atoms with E-state index in [-0.39, 0.29) is 18.4 Å². The summed E-state index contributed by atoms with van der Waals surface area (Å²) in [6.45, 7) is 2.66. The van der Waals surface area contributed by atoms with Gasteiger partial charge in [0.15, 0.2) is 12.4 Å². The number of aryl methyl sites for hydroxylation is 1. The van der Waals surface area contributed by atoms with E-state index in [2.05, 4.69) is 20.5 Å². The highest BCUT2D eigenvalue weighted by atomic mass is 35.5. The summed E-state index contributed by atoms with van der Waals surface area (Å²) in [6, 6.07) is 14.8. The number of rotatable bonds is 7. The molecule has 1 N–H and O–H groups in total. The van der Waals surface area contributed by atoms with Crippen LogP contribution in [0.1, 0.15) is 21.6 Å². The van der Waals surface area contributed by atoms with Gasteiger partial charge < -0.3 is 4.74 Å². The maximum absolute atomic E-state index is 12.4. The quantitative estimate of drug-likeness (QED) is 0.444. The maximum Gasteiger partial charge on any atom is 0.278 e. The van der Waals surface area contributed by atoms with Gasteiger partial charge in [-0.15, -0.1) is 5.10 Å². The zero-order valence-corrected chi connectivity index (χ0v) is 18.0. The third kappa shape index (κ3) is 5.22. The fraction of sp³-hybridized carbons (Fsp3) is 0.143. The van der Waals surface area contributed by atoms with Gasteiger partial charge >= 0.3 is 0 Å². The molecule has 158 valence electrons. The lowest BCUT2D eigenvalue weighted by Crippen LogP contribution is -2.15. The van der Waals surface area contributed by atoms with Gasteiger partial charge in [0.25, 0.3) is 5.91 Å². The molecule has 0 aliphatic heterocycles. The normalized spacial score (nSPS) is 10.8. The molecule has 1 amide bonds. The number of amides is 1. The van der Waals surface area contributed by atoms with Crippen LogP contribution in [0.2, 0.25) is 10.0 Å². The number of ether oxygens (including phenoxy) is 1. The van der Waals surface area contributed by atoms with Crippen LogP contribution in [-0.4, -0.2) is 30.5 Å². The van der Waals surface area contributed by atoms with E-state index in [0.29, 0.717) is 22.3 Å². The summed E-state index contributed by atoms with van der Waals surface area (Å²) in [5.41, 5.74) is 2.48. The summed E-state index contributed by atoms with van der Waals surface area (Å²) >= 11 is 12.1. The van der Waals surface area contributed by atoms with E-state index in [4.69, 9.17) is 27.9 Å². The van der Waals surface area contributed by atoms with Gasteiger partial charge in [-0.3, -0.25) is 10.1 Å². The number of hydrogen-bond donors (Lipinski definition) is 1. The number of nitrogens with zero attached hydrogens (tertiary/aromatic N) is 5. The van der Waals surface area contributed by atoms with Gasteiger partial charge in [-0.1, -0.05) is 59.1 Å². The van der Waals surface area contributed by atoms with Crippen molar-refractivity contribution in [3.05, 3.63) is 87.9 Å². The Morgan fingerprint density at radius 2 is 1.87 bits per heavy atom. The largest absolute Gasteiger partial charge is 0.470 e. The third-order valence-corrected chi connectivity index (χ3v) is 5.17. The highest BCUT2D eigenvalue weighted by molar-refractivity contribution is 6.42. The van der Waals surface area contributed by atoms with Crippen LogP contribution in [0.15, 0.2) is 61.1 Å². The monoisotopic (exact) mass is 456 g/mol. The second-order valence-electron chi connectivity index (χ2n) is 6.77. The predicted octanol–water partition coefficient (Wildman–Crippen LogP) is 4.43. The number of aromatic nitrogens is 5. The van der Waals surface area contributed by atoms with Crippen LogP contribution in [-0.2, 0) is 13.3 Å². The molecule has 0 atom stereocenters. The summed E-state index contributed by atoms with van der Waals surface area (Å²) in [6.07, 6.45) is 3.19. The summed E-state index contributed by atoms with van der Waals surface area (Å²) in [7, 11) is 0. The van der Waals surface area contributed by atoms with E-state index in [1.807, 2.05) is 31.2 Å². The molecule has 8 nitrogen and oxygen atoms in total. The van der Waals surface area contributed by atoms with Crippen molar-refractivity contribution in [2.75, 3.05) is 5.32 Å². The Bertz CT molecular complexity index is 1200. The molecule has 0 spiro atoms. The zero-order chi connectivity index (χ0) is 21.8. The van der Waals surface area contributed by atoms with Gasteiger partial charge in [-0.2, -0.15) is 5.10 Å². The first-order valence-electron chi connectivity index (χ1n) is 9.34. The van der Waals surface area contributed by atoms with Gasteiger partial charge in [-0.25, -0.2) is 14.3 Å². The Kier molecular flexibility index (Phi) is 6.20. The molecule has 2 heterocycles. The molecule has 0 bridgehead atoms. The first-order chi connectivity index (χ1) is 15.0. The first kappa shape index (κ1) is 20.9. The summed E-state index contributed by atoms with van der Waals surface area (Å²) in [4.78, 5) is 16.6. The highest BCUT2D eigenvalue weighted by Gasteiger charge is 2.13. The van der Waals surface area contributed by atoms with Gasteiger partial charge in [0.05, 0.1) is 11.6 Å². The zero-order valence-electron chi connectivity index (χ0n) is 16.5. The summed E-state index contributed by atoms with van der Waals surface area (Å²) in [5, 5.41) is 11.8. The van der Waals surface area contributed by atoms with Crippen molar-refractivity contribution in [3.63, 3.8) is 0 Å². The number of carbonyl (C=O) groups excluding carboxylic acids is 1. The Balaban J connectivity index is 1.34. The van der Waals surface area contributed by atoms with Crippen LogP contribution in [0, 0.1) is 6.92 Å². The molecule has 0 aliphatic rings. The molecule has 0 saturated carbocycles. The Hall–Kier alpha value is -3.36. The topological polar surface area (TPSA) is 86.9 Å². The van der Waals surface area contributed by atoms with Gasteiger partial charge in [0, 0.05) is 6.20 Å². The Morgan fingerprint density at radius 1 is 1.06 bits per heavy atom. The second kappa shape index (κ2) is 9.20. The van der Waals surface area contributed by atoms with Gasteiger partial charge in [0.1, 0.15) is 17.1 Å². The number of nitrogens with one attached hydrogen (secondary N) is 1. The van der Waals surface area contributed by atoms with Crippen LogP contribution in [0.3, 0.4) is 0 Å². The molecular formula is C21H18Cl2N6O2. The highest BCUT2D eigenvalue weighted by Crippen LogP contribution is 2.31. The summed E-state index contributed by atoms with van der Waals surface area (Å²) in [5.74, 6) is 0.209. The van der Waals surface area contributed by atoms with Crippen molar-refractivity contribution in [1.82, 2.24) is 24.5 Å². The molecule has 31 heavy (non-hydrogen) atoms. The van der Waals surface area contributed by atoms with Gasteiger partial charge in [0.2, 0.25) is 5.95 Å². The lowest BCUT2D eigenvalue weighted by Gasteiger charge is -2.08. The van der Waals surface area contributed by atoms with Crippen molar-refractivity contribution < 1.29 is 9.53 Å². The van der Waals surface area contributed by atoms with Crippen LogP contribution < -0.4 is 10.1 Å². The SMILES string of the molecule is Cc1ccc(Cn2cnc(NC(=O)c3ccn(COc4cccc(Cl)c4Cl)n3)n2)cc1. The molecule has 0 aliphatic carbocycles. The number of halogens is 2. The van der Waals surface area contributed by atoms with Crippen molar-refractivity contribution in [2.24, 2.45) is 0 Å². The van der Waals surface area contributed by atoms with Crippen LogP contribution in [0.5, 0.6) is 5.75 Å². The van der Waals surface area contributed by atoms with Crippen LogP contribution >= 0.6 is 23.2 Å². The standard InChI is InChI=1S/C21H18Cl2N6O2/c1-14-5-7-15(8-6-14)11-29-12-24-21(27-29)25-20(30)17-9-10-28(26-17)13-31-18-4-2-3-16(22)19(18)23/h2-10,12H,11,13H2,1H3,(H,25,27,30). The molecular weight excluding hydrogens is 439 g/mol. The molecule has 0 fully saturated rings. The second-order valence-corrected chi connectivity index (χ2v) is 7.56. The lowest BCUT2D eigenvalue weighted by molar-refractivity contribution is 0.101. The number of carbonyl (C=O) groups is 1. The molecule has 0 unspecified atom stereocenters. The minimum absolute atomic E-state index is 0.0662. The maximum atomic E-state index is 12.4. The van der Waals surface area contributed by atoms with Gasteiger partial charge in [-0.05, 0) is 30.7 Å². The van der Waals surface area contributed by atoms with E-state index < -0.39 is 5.91 Å². The van der Waals surface area contributed by atoms with E-state index in [9.17, 15) is 4.79 Å². The summed E-state index contributed by atoms with van der Waals surface area (Å²) < 4.78 is 8.73. The van der Waals surface area contributed by atoms with E-state index in [0.717, 1.165) is 5.56 Å². The van der Waals surface area contributed by atoms with Crippen molar-refractivity contribution >= 4 is 35.1 Å². The Morgan fingerprint density at radius 3 is 2.68 bits per heavy atom. The third-order valence-electron chi connectivity index (χ3n) is 4.37. The van der Waals surface area contributed by atoms with Crippen LogP contribution in [0.25, 0.3) is 0 Å². The number of benzene rings is 2. The molecule has 0 radical (unpaired) electrons. The van der Waals surface area contributed by atoms with E-state index in [1.165, 1.54) is 10.2 Å². The van der Waals surface area contributed by atoms with Crippen LogP contribution in [0.4, 0.5) is 5.95 Å². The minimum atomic E-state index is -0.423. The van der Waals surface area contributed by atoms with Crippen molar-refractivity contribution in [2.45, 2.75) is 20.2 Å². The number of anilines is 1. The Labute approximate surface area is 188 Å². The number of hydrogen-bond acceptors (Lipinski definition) is 5. The fourth-order valence-electron chi connectivity index (χ4n) is 2.76. The smallest absolute Gasteiger partial charge is 0.278 e. The lowest BCUT2D eigenvalue weighted by atomic mass is 10.1. The molecule has 10 heteroatoms. The molecule has 2 aromatic heterocycles. The molecule has 2 aromatic carbocycles. The average Bonchev–Trinajstić information content (AvgIpc) is 3.40. The molecule has 4 aromatic rings. The van der Waals surface area contributed by atoms with Crippen molar-refractivity contribution in [1.29, 1.82) is 0 Å². The predicted molar refractivity (Wildman–Crippen MR) is 118 cm³/mol. The molecule has 0 saturated heterocycles. The van der Waals surface area contributed by atoms with E-state index in [1.54, 1.807) is 41.5 Å². The minimum Gasteiger partial charge on any atom is -0.470 e. The van der Waals surface area contributed by atoms with Crippen molar-refractivity contribution in [3.8, 4) is 5.75 Å². The molecule has 4 rings (SSSR count). The fourth-order valence-corrected chi connectivity index (χ4v) is 3.11. The average molecular weight is 457 g/mol. The van der Waals surface area contributed by atoms with E-state index >= 15 is 0 Å². The first-order valence-corrected chi connectivity index (χ1v) is 10.1.